The molecule has 0 radical (unpaired) electrons. The smallest absolute Gasteiger partial charge is 0.419 e. The van der Waals surface area contributed by atoms with Crippen molar-refractivity contribution in [3.05, 3.63) is 77.5 Å². The molecule has 6 nitrogen and oxygen atoms in total. The lowest BCUT2D eigenvalue weighted by Crippen LogP contribution is -2.42. The zero-order chi connectivity index (χ0) is 27.6. The van der Waals surface area contributed by atoms with Gasteiger partial charge in [-0.15, -0.1) is 0 Å². The van der Waals surface area contributed by atoms with Crippen molar-refractivity contribution < 1.29 is 27.5 Å². The largest absolute Gasteiger partial charge is 0.465 e. The summed E-state index contributed by atoms with van der Waals surface area (Å²) >= 11 is 0. The average molecular weight is 545 g/mol. The van der Waals surface area contributed by atoms with Crippen molar-refractivity contribution in [1.29, 1.82) is 0 Å². The number of likely N-dealkylation sites (tertiary alicyclic amines) is 2. The van der Waals surface area contributed by atoms with Crippen molar-refractivity contribution in [1.82, 2.24) is 19.4 Å². The Morgan fingerprint density at radius 1 is 1.00 bits per heavy atom. The van der Waals surface area contributed by atoms with Gasteiger partial charge in [-0.2, -0.15) is 13.2 Å². The number of halogens is 4. The molecule has 10 heteroatoms. The second kappa shape index (κ2) is 11.4. The Morgan fingerprint density at radius 2 is 1.74 bits per heavy atom. The highest BCUT2D eigenvalue weighted by Gasteiger charge is 2.35. The summed E-state index contributed by atoms with van der Waals surface area (Å²) in [4.78, 5) is 20.0. The number of carboxylic acid groups (broad SMARTS) is 1. The predicted octanol–water partition coefficient (Wildman–Crippen LogP) is 6.62. The summed E-state index contributed by atoms with van der Waals surface area (Å²) in [5.74, 6) is -0.591. The quantitative estimate of drug-likeness (QED) is 0.355. The Bertz CT molecular complexity index is 1290. The molecule has 0 bridgehead atoms. The fourth-order valence-electron chi connectivity index (χ4n) is 5.79. The van der Waals surface area contributed by atoms with Gasteiger partial charge in [0, 0.05) is 49.9 Å². The predicted molar refractivity (Wildman–Crippen MR) is 139 cm³/mol. The average Bonchev–Trinajstić information content (AvgIpc) is 3.34. The van der Waals surface area contributed by atoms with Crippen molar-refractivity contribution in [3.8, 4) is 11.3 Å². The van der Waals surface area contributed by atoms with E-state index >= 15 is 0 Å². The topological polar surface area (TPSA) is 61.6 Å². The minimum atomic E-state index is -4.81. The zero-order valence-corrected chi connectivity index (χ0v) is 21.6. The number of carbonyl (C=O) groups is 1. The summed E-state index contributed by atoms with van der Waals surface area (Å²) in [5, 5.41) is 9.36. The number of hydrogen-bond donors (Lipinski definition) is 1. The van der Waals surface area contributed by atoms with Crippen LogP contribution in [0.1, 0.15) is 55.0 Å². The van der Waals surface area contributed by atoms with E-state index in [2.05, 4.69) is 17.0 Å². The molecule has 2 fully saturated rings. The van der Waals surface area contributed by atoms with E-state index in [0.29, 0.717) is 38.2 Å². The van der Waals surface area contributed by atoms with Gasteiger partial charge in [0.1, 0.15) is 11.6 Å². The molecule has 3 aromatic rings. The molecule has 2 aliphatic rings. The molecule has 208 valence electrons. The van der Waals surface area contributed by atoms with E-state index in [0.717, 1.165) is 50.3 Å². The molecule has 0 saturated carbocycles. The van der Waals surface area contributed by atoms with Crippen LogP contribution in [0.25, 0.3) is 11.3 Å². The highest BCUT2D eigenvalue weighted by atomic mass is 19.4. The van der Waals surface area contributed by atoms with Gasteiger partial charge in [0.05, 0.1) is 11.3 Å². The van der Waals surface area contributed by atoms with Gasteiger partial charge in [-0.05, 0) is 56.0 Å². The first-order valence-corrected chi connectivity index (χ1v) is 13.4. The Hall–Kier alpha value is -3.40. The molecule has 0 aliphatic carbocycles. The Balaban J connectivity index is 1.46. The lowest BCUT2D eigenvalue weighted by molar-refractivity contribution is -0.139. The van der Waals surface area contributed by atoms with Gasteiger partial charge in [-0.1, -0.05) is 36.8 Å². The second-order valence-electron chi connectivity index (χ2n) is 10.5. The van der Waals surface area contributed by atoms with E-state index in [9.17, 15) is 27.5 Å². The summed E-state index contributed by atoms with van der Waals surface area (Å²) in [5.41, 5.74) is 0.480. The van der Waals surface area contributed by atoms with Crippen LogP contribution in [0, 0.1) is 5.82 Å². The zero-order valence-electron chi connectivity index (χ0n) is 21.6. The van der Waals surface area contributed by atoms with E-state index in [4.69, 9.17) is 4.98 Å². The minimum Gasteiger partial charge on any atom is -0.465 e. The van der Waals surface area contributed by atoms with Crippen molar-refractivity contribution in [2.24, 2.45) is 0 Å². The minimum absolute atomic E-state index is 0.0250. The summed E-state index contributed by atoms with van der Waals surface area (Å²) in [7, 11) is 0. The van der Waals surface area contributed by atoms with Crippen LogP contribution in [0.15, 0.2) is 54.7 Å². The van der Waals surface area contributed by atoms with Gasteiger partial charge in [0.2, 0.25) is 0 Å². The molecule has 3 heterocycles. The third-order valence-electron chi connectivity index (χ3n) is 7.89. The van der Waals surface area contributed by atoms with Gasteiger partial charge in [-0.25, -0.2) is 14.2 Å². The fourth-order valence-corrected chi connectivity index (χ4v) is 5.79. The number of imidazole rings is 1. The molecule has 0 spiro atoms. The monoisotopic (exact) mass is 544 g/mol. The van der Waals surface area contributed by atoms with Crippen LogP contribution in [-0.4, -0.2) is 56.2 Å². The third kappa shape index (κ3) is 6.27. The fraction of sp³-hybridized carbons (Fsp3) is 0.448. The van der Waals surface area contributed by atoms with E-state index in [-0.39, 0.29) is 17.5 Å². The lowest BCUT2D eigenvalue weighted by atomic mass is 9.95. The van der Waals surface area contributed by atoms with Gasteiger partial charge in [0.15, 0.2) is 0 Å². The maximum Gasteiger partial charge on any atom is 0.419 e. The van der Waals surface area contributed by atoms with Crippen LogP contribution in [0.5, 0.6) is 0 Å². The van der Waals surface area contributed by atoms with Crippen LogP contribution >= 0.6 is 0 Å². The molecule has 39 heavy (non-hydrogen) atoms. The Labute approximate surface area is 224 Å². The molecule has 2 saturated heterocycles. The molecule has 1 amide bonds. The molecule has 1 aromatic heterocycles. The number of nitrogens with zero attached hydrogens (tertiary/aromatic N) is 4. The van der Waals surface area contributed by atoms with E-state index in [1.807, 2.05) is 22.8 Å². The number of benzene rings is 2. The van der Waals surface area contributed by atoms with Crippen molar-refractivity contribution in [2.75, 3.05) is 19.6 Å². The standard InChI is InChI=1S/C29H32F4N4O2/c30-25-10-9-22(16-24(25)29(31,32)33)26-19-37(27(34-26)21-11-14-35(15-12-21)28(38)39)18-23-8-4-5-13-36(23)17-20-6-2-1-3-7-20/h1-3,6-7,9-10,16,19,21,23H,4-5,8,11-15,17-18H2,(H,38,39). The summed E-state index contributed by atoms with van der Waals surface area (Å²) in [6.07, 6.45) is 0.368. The highest BCUT2D eigenvalue weighted by molar-refractivity contribution is 5.65. The van der Waals surface area contributed by atoms with Crippen molar-refractivity contribution >= 4 is 6.09 Å². The first-order valence-electron chi connectivity index (χ1n) is 13.4. The van der Waals surface area contributed by atoms with Crippen LogP contribution in [0.3, 0.4) is 0 Å². The molecule has 1 N–H and O–H groups in total. The number of rotatable bonds is 6. The second-order valence-corrected chi connectivity index (χ2v) is 10.5. The number of piperidine rings is 2. The van der Waals surface area contributed by atoms with Gasteiger partial charge in [-0.3, -0.25) is 4.90 Å². The SMILES string of the molecule is O=C(O)N1CCC(c2nc(-c3ccc(F)c(C(F)(F)F)c3)cn2CC2CCCCN2Cc2ccccc2)CC1. The first kappa shape index (κ1) is 27.2. The number of aromatic nitrogens is 2. The molecule has 2 aromatic carbocycles. The normalized spacial score (nSPS) is 19.4. The summed E-state index contributed by atoms with van der Waals surface area (Å²) < 4.78 is 56.3. The summed E-state index contributed by atoms with van der Waals surface area (Å²) in [6, 6.07) is 13.5. The Morgan fingerprint density at radius 3 is 2.44 bits per heavy atom. The molecule has 1 unspecified atom stereocenters. The van der Waals surface area contributed by atoms with E-state index < -0.39 is 23.7 Å². The summed E-state index contributed by atoms with van der Waals surface area (Å²) in [6.45, 7) is 3.15. The van der Waals surface area contributed by atoms with Crippen molar-refractivity contribution in [3.63, 3.8) is 0 Å². The van der Waals surface area contributed by atoms with E-state index in [1.165, 1.54) is 16.5 Å². The van der Waals surface area contributed by atoms with Crippen LogP contribution in [0.4, 0.5) is 22.4 Å². The number of amides is 1. The highest BCUT2D eigenvalue weighted by Crippen LogP contribution is 2.36. The molecular formula is C29H32F4N4O2. The molecular weight excluding hydrogens is 512 g/mol. The van der Waals surface area contributed by atoms with Gasteiger partial charge >= 0.3 is 12.3 Å². The van der Waals surface area contributed by atoms with Gasteiger partial charge in [0.25, 0.3) is 0 Å². The molecule has 5 rings (SSSR count). The number of hydrogen-bond acceptors (Lipinski definition) is 3. The third-order valence-corrected chi connectivity index (χ3v) is 7.89. The van der Waals surface area contributed by atoms with Crippen LogP contribution in [0.2, 0.25) is 0 Å². The van der Waals surface area contributed by atoms with Gasteiger partial charge < -0.3 is 14.6 Å². The van der Waals surface area contributed by atoms with Crippen LogP contribution in [-0.2, 0) is 19.3 Å². The van der Waals surface area contributed by atoms with Crippen LogP contribution < -0.4 is 0 Å². The van der Waals surface area contributed by atoms with E-state index in [1.54, 1.807) is 6.20 Å². The molecule has 1 atom stereocenters. The maximum atomic E-state index is 14.0. The molecule has 2 aliphatic heterocycles. The first-order chi connectivity index (χ1) is 18.7. The van der Waals surface area contributed by atoms with Crippen molar-refractivity contribution in [2.45, 2.75) is 63.3 Å². The maximum absolute atomic E-state index is 14.0. The number of alkyl halides is 3. The Kier molecular flexibility index (Phi) is 7.93. The lowest BCUT2D eigenvalue weighted by Gasteiger charge is -2.37.